The number of rotatable bonds is 9. The third-order valence-electron chi connectivity index (χ3n) is 5.56. The molecule has 0 aliphatic carbocycles. The van der Waals surface area contributed by atoms with E-state index in [-0.39, 0.29) is 5.91 Å². The number of imidazole rings is 1. The summed E-state index contributed by atoms with van der Waals surface area (Å²) in [5, 5.41) is 3.81. The fourth-order valence-electron chi connectivity index (χ4n) is 3.72. The Morgan fingerprint density at radius 2 is 1.78 bits per heavy atom. The molecule has 7 nitrogen and oxygen atoms in total. The maximum absolute atomic E-state index is 13.2. The lowest BCUT2D eigenvalue weighted by atomic mass is 10.1. The molecule has 3 aromatic carbocycles. The second kappa shape index (κ2) is 11.0. The Morgan fingerprint density at radius 3 is 2.61 bits per heavy atom. The zero-order chi connectivity index (χ0) is 24.7. The molecule has 0 radical (unpaired) electrons. The van der Waals surface area contributed by atoms with Gasteiger partial charge in [-0.25, -0.2) is 4.98 Å². The highest BCUT2D eigenvalue weighted by molar-refractivity contribution is 7.98. The molecule has 0 saturated carbocycles. The summed E-state index contributed by atoms with van der Waals surface area (Å²) in [6, 6.07) is 24.6. The highest BCUT2D eigenvalue weighted by atomic mass is 32.2. The first kappa shape index (κ1) is 23.4. The van der Waals surface area contributed by atoms with Gasteiger partial charge in [0, 0.05) is 35.5 Å². The van der Waals surface area contributed by atoms with Gasteiger partial charge in [-0.1, -0.05) is 42.1 Å². The van der Waals surface area contributed by atoms with Crippen molar-refractivity contribution >= 4 is 34.4 Å². The summed E-state index contributed by atoms with van der Waals surface area (Å²) in [4.78, 5) is 25.2. The van der Waals surface area contributed by atoms with Crippen LogP contribution in [0.1, 0.15) is 21.5 Å². The molecule has 0 spiro atoms. The van der Waals surface area contributed by atoms with Crippen molar-refractivity contribution in [3.8, 4) is 11.5 Å². The topological polar surface area (TPSA) is 89.1 Å². The van der Waals surface area contributed by atoms with Crippen LogP contribution in [0.15, 0.2) is 96.4 Å². The van der Waals surface area contributed by atoms with Crippen LogP contribution in [0.3, 0.4) is 0 Å². The number of amides is 1. The molecule has 0 unspecified atom stereocenters. The van der Waals surface area contributed by atoms with E-state index in [1.807, 2.05) is 60.7 Å². The van der Waals surface area contributed by atoms with Gasteiger partial charge in [-0.2, -0.15) is 0 Å². The number of aromatic nitrogens is 3. The van der Waals surface area contributed by atoms with Crippen molar-refractivity contribution < 1.29 is 14.3 Å². The third-order valence-corrected chi connectivity index (χ3v) is 6.48. The predicted octanol–water partition coefficient (Wildman–Crippen LogP) is 6.09. The average Bonchev–Trinajstić information content (AvgIpc) is 3.35. The number of fused-ring (bicyclic) bond motifs is 1. The minimum atomic E-state index is -0.193. The molecule has 180 valence electrons. The monoisotopic (exact) mass is 496 g/mol. The van der Waals surface area contributed by atoms with E-state index in [1.165, 1.54) is 0 Å². The quantitative estimate of drug-likeness (QED) is 0.240. The molecule has 0 bridgehead atoms. The zero-order valence-corrected chi connectivity index (χ0v) is 20.4. The molecule has 36 heavy (non-hydrogen) atoms. The van der Waals surface area contributed by atoms with Gasteiger partial charge >= 0.3 is 0 Å². The Morgan fingerprint density at radius 1 is 0.972 bits per heavy atom. The minimum Gasteiger partial charge on any atom is -0.493 e. The van der Waals surface area contributed by atoms with Crippen molar-refractivity contribution in [1.29, 1.82) is 0 Å². The lowest BCUT2D eigenvalue weighted by Gasteiger charge is -2.14. The van der Waals surface area contributed by atoms with Crippen molar-refractivity contribution in [2.75, 3.05) is 12.4 Å². The van der Waals surface area contributed by atoms with Gasteiger partial charge in [0.15, 0.2) is 16.7 Å². The van der Waals surface area contributed by atoms with Gasteiger partial charge in [-0.05, 0) is 53.6 Å². The molecule has 2 aromatic heterocycles. The van der Waals surface area contributed by atoms with Crippen molar-refractivity contribution in [2.24, 2.45) is 0 Å². The molecule has 0 saturated heterocycles. The predicted molar refractivity (Wildman–Crippen MR) is 142 cm³/mol. The van der Waals surface area contributed by atoms with E-state index in [0.29, 0.717) is 35.1 Å². The number of pyridine rings is 1. The first-order valence-corrected chi connectivity index (χ1v) is 12.3. The van der Waals surface area contributed by atoms with Crippen molar-refractivity contribution in [1.82, 2.24) is 15.0 Å². The largest absolute Gasteiger partial charge is 0.493 e. The molecule has 2 N–H and O–H groups in total. The summed E-state index contributed by atoms with van der Waals surface area (Å²) in [5.41, 5.74) is 5.04. The summed E-state index contributed by atoms with van der Waals surface area (Å²) < 4.78 is 11.4. The SMILES string of the molecule is COc1ccc(NC(=O)c2ccccc2CSc2nc3ccccc3[nH]2)cc1OCc1ccncc1. The van der Waals surface area contributed by atoms with Gasteiger partial charge in [0.25, 0.3) is 5.91 Å². The van der Waals surface area contributed by atoms with E-state index in [2.05, 4.69) is 20.3 Å². The Bertz CT molecular complexity index is 1450. The lowest BCUT2D eigenvalue weighted by Crippen LogP contribution is -2.14. The molecular weight excluding hydrogens is 472 g/mol. The van der Waals surface area contributed by atoms with E-state index in [1.54, 1.807) is 49.5 Å². The molecule has 5 aromatic rings. The van der Waals surface area contributed by atoms with Crippen LogP contribution >= 0.6 is 11.8 Å². The number of methoxy groups -OCH3 is 1. The average molecular weight is 497 g/mol. The van der Waals surface area contributed by atoms with E-state index in [9.17, 15) is 4.79 Å². The van der Waals surface area contributed by atoms with E-state index < -0.39 is 0 Å². The number of H-pyrrole nitrogens is 1. The molecule has 8 heteroatoms. The Balaban J connectivity index is 1.29. The summed E-state index contributed by atoms with van der Waals surface area (Å²) in [6.07, 6.45) is 3.44. The highest BCUT2D eigenvalue weighted by Crippen LogP contribution is 2.31. The van der Waals surface area contributed by atoms with Crippen molar-refractivity contribution in [2.45, 2.75) is 17.5 Å². The molecule has 0 aliphatic heterocycles. The van der Waals surface area contributed by atoms with Gasteiger partial charge in [-0.3, -0.25) is 9.78 Å². The number of carbonyl (C=O) groups excluding carboxylic acids is 1. The highest BCUT2D eigenvalue weighted by Gasteiger charge is 2.14. The molecule has 0 atom stereocenters. The van der Waals surface area contributed by atoms with E-state index in [4.69, 9.17) is 9.47 Å². The fraction of sp³-hybridized carbons (Fsp3) is 0.107. The number of hydrogen-bond donors (Lipinski definition) is 2. The van der Waals surface area contributed by atoms with Crippen LogP contribution in [0.5, 0.6) is 11.5 Å². The molecule has 5 rings (SSSR count). The molecule has 0 fully saturated rings. The summed E-state index contributed by atoms with van der Waals surface area (Å²) in [5.74, 6) is 1.54. The minimum absolute atomic E-state index is 0.193. The second-order valence-corrected chi connectivity index (χ2v) is 8.93. The molecule has 2 heterocycles. The van der Waals surface area contributed by atoms with Crippen molar-refractivity contribution in [3.63, 3.8) is 0 Å². The Hall–Kier alpha value is -4.30. The number of para-hydroxylation sites is 2. The second-order valence-electron chi connectivity index (χ2n) is 7.97. The Labute approximate surface area is 212 Å². The number of carbonyl (C=O) groups is 1. The number of aromatic amines is 1. The van der Waals surface area contributed by atoms with Gasteiger partial charge in [-0.15, -0.1) is 0 Å². The normalized spacial score (nSPS) is 10.8. The number of ether oxygens (including phenoxy) is 2. The van der Waals surface area contributed by atoms with Crippen molar-refractivity contribution in [3.05, 3.63) is 108 Å². The standard InChI is InChI=1S/C28H24N4O3S/c1-34-25-11-10-21(16-26(25)35-17-19-12-14-29-15-13-19)30-27(33)22-7-3-2-6-20(22)18-36-28-31-23-8-4-5-9-24(23)32-28/h2-16H,17-18H2,1H3,(H,30,33)(H,31,32). The van der Waals surface area contributed by atoms with E-state index in [0.717, 1.165) is 27.3 Å². The fourth-order valence-corrected chi connectivity index (χ4v) is 4.61. The third kappa shape index (κ3) is 5.50. The van der Waals surface area contributed by atoms with Crippen LogP contribution in [-0.2, 0) is 12.4 Å². The summed E-state index contributed by atoms with van der Waals surface area (Å²) in [6.45, 7) is 0.359. The number of anilines is 1. The maximum Gasteiger partial charge on any atom is 0.255 e. The number of nitrogens with zero attached hydrogens (tertiary/aromatic N) is 2. The zero-order valence-electron chi connectivity index (χ0n) is 19.6. The summed E-state index contributed by atoms with van der Waals surface area (Å²) in [7, 11) is 1.59. The Kier molecular flexibility index (Phi) is 7.14. The van der Waals surface area contributed by atoms with Gasteiger partial charge in [0.05, 0.1) is 18.1 Å². The first-order chi connectivity index (χ1) is 17.7. The van der Waals surface area contributed by atoms with Crippen LogP contribution in [0.25, 0.3) is 11.0 Å². The lowest BCUT2D eigenvalue weighted by molar-refractivity contribution is 0.102. The maximum atomic E-state index is 13.2. The smallest absolute Gasteiger partial charge is 0.255 e. The van der Waals surface area contributed by atoms with Gasteiger partial charge in [0.1, 0.15) is 6.61 Å². The van der Waals surface area contributed by atoms with Crippen LogP contribution in [-0.4, -0.2) is 28.0 Å². The first-order valence-electron chi connectivity index (χ1n) is 11.4. The van der Waals surface area contributed by atoms with Gasteiger partial charge < -0.3 is 19.8 Å². The van der Waals surface area contributed by atoms with Crippen LogP contribution in [0.2, 0.25) is 0 Å². The summed E-state index contributed by atoms with van der Waals surface area (Å²) >= 11 is 1.56. The number of nitrogens with one attached hydrogen (secondary N) is 2. The molecule has 1 amide bonds. The molecule has 0 aliphatic rings. The van der Waals surface area contributed by atoms with Crippen LogP contribution in [0, 0.1) is 0 Å². The number of thioether (sulfide) groups is 1. The van der Waals surface area contributed by atoms with Crippen LogP contribution in [0.4, 0.5) is 5.69 Å². The number of benzene rings is 3. The van der Waals surface area contributed by atoms with Crippen LogP contribution < -0.4 is 14.8 Å². The van der Waals surface area contributed by atoms with Gasteiger partial charge in [0.2, 0.25) is 0 Å². The number of hydrogen-bond acceptors (Lipinski definition) is 6. The molecular formula is C28H24N4O3S. The van der Waals surface area contributed by atoms with E-state index >= 15 is 0 Å².